The van der Waals surface area contributed by atoms with Gasteiger partial charge in [0.1, 0.15) is 0 Å². The molecule has 1 N–H and O–H groups in total. The molecule has 2 aliphatic rings. The minimum atomic E-state index is -0.931. The van der Waals surface area contributed by atoms with E-state index in [1.807, 2.05) is 18.2 Å². The summed E-state index contributed by atoms with van der Waals surface area (Å²) >= 11 is -0.931. The van der Waals surface area contributed by atoms with E-state index in [1.165, 1.54) is 0 Å². The summed E-state index contributed by atoms with van der Waals surface area (Å²) < 4.78 is 0. The molecule has 0 bridgehead atoms. The van der Waals surface area contributed by atoms with E-state index < -0.39 is 15.1 Å². The van der Waals surface area contributed by atoms with Crippen molar-refractivity contribution >= 4 is 25.1 Å². The van der Waals surface area contributed by atoms with E-state index in [0.717, 1.165) is 31.5 Å². The molecule has 1 fully saturated rings. The van der Waals surface area contributed by atoms with Crippen molar-refractivity contribution in [3.63, 3.8) is 0 Å². The zero-order valence-electron chi connectivity index (χ0n) is 10.1. The van der Waals surface area contributed by atoms with E-state index in [0.29, 0.717) is 12.3 Å². The van der Waals surface area contributed by atoms with Crippen LogP contribution >= 0.6 is 19.4 Å². The molecule has 0 spiro atoms. The first kappa shape index (κ1) is 16.0. The number of piperidine rings is 1. The van der Waals surface area contributed by atoms with Crippen molar-refractivity contribution < 1.29 is 20.4 Å². The van der Waals surface area contributed by atoms with Crippen LogP contribution in [0.15, 0.2) is 29.1 Å². The Bertz CT molecular complexity index is 328. The summed E-state index contributed by atoms with van der Waals surface area (Å²) in [7, 11) is 9.90. The number of hydrogen-bond donors (Lipinski definition) is 1. The predicted octanol–water partition coefficient (Wildman–Crippen LogP) is 3.95. The predicted molar refractivity (Wildman–Crippen MR) is 72.2 cm³/mol. The van der Waals surface area contributed by atoms with E-state index in [2.05, 4.69) is 15.8 Å². The van der Waals surface area contributed by atoms with Gasteiger partial charge in [0.05, 0.1) is 0 Å². The topological polar surface area (TPSA) is 60.8 Å². The van der Waals surface area contributed by atoms with Gasteiger partial charge in [0.15, 0.2) is 0 Å². The molecule has 0 amide bonds. The molecule has 1 atom stereocenters. The summed E-state index contributed by atoms with van der Waals surface area (Å²) in [6, 6.07) is 0.0326. The maximum absolute atomic E-state index is 9.03. The van der Waals surface area contributed by atoms with Crippen LogP contribution in [-0.2, 0) is 15.1 Å². The van der Waals surface area contributed by atoms with Gasteiger partial charge in [-0.2, -0.15) is 0 Å². The summed E-state index contributed by atoms with van der Waals surface area (Å²) in [6.07, 6.45) is 9.05. The zero-order valence-corrected chi connectivity index (χ0v) is 14.6. The number of rotatable bonds is 2. The number of oxime groups is 1. The Morgan fingerprint density at radius 3 is 2.72 bits per heavy atom. The molecule has 0 aliphatic carbocycles. The third kappa shape index (κ3) is 5.27. The molecule has 0 aromatic heterocycles. The van der Waals surface area contributed by atoms with E-state index >= 15 is 0 Å². The van der Waals surface area contributed by atoms with Crippen LogP contribution in [0.5, 0.6) is 0 Å². The van der Waals surface area contributed by atoms with Crippen LogP contribution in [-0.4, -0.2) is 30.1 Å². The molecule has 7 heteroatoms. The molecule has 18 heavy (non-hydrogen) atoms. The second-order valence-corrected chi connectivity index (χ2v) is 8.45. The first-order valence-corrected chi connectivity index (χ1v) is 13.7. The summed E-state index contributed by atoms with van der Waals surface area (Å²) in [5, 5.41) is 21.2. The monoisotopic (exact) mass is 339 g/mol. The molecule has 2 aliphatic heterocycles. The maximum atomic E-state index is 9.03. The van der Waals surface area contributed by atoms with Crippen molar-refractivity contribution in [1.29, 1.82) is 0 Å². The molecule has 0 aromatic carbocycles. The van der Waals surface area contributed by atoms with Crippen LogP contribution in [0.4, 0.5) is 0 Å². The average Bonchev–Trinajstić information content (AvgIpc) is 2.43. The van der Waals surface area contributed by atoms with Crippen molar-refractivity contribution in [2.24, 2.45) is 5.16 Å². The van der Waals surface area contributed by atoms with Gasteiger partial charge in [-0.15, -0.1) is 24.9 Å². The fourth-order valence-corrected chi connectivity index (χ4v) is 1.89. The van der Waals surface area contributed by atoms with Gasteiger partial charge in [-0.1, -0.05) is 42.6 Å². The molecule has 0 radical (unpaired) electrons. The molecule has 0 saturated carbocycles. The normalized spacial score (nSPS) is 23.1. The summed E-state index contributed by atoms with van der Waals surface area (Å²) in [5.41, 5.74) is 1.40. The van der Waals surface area contributed by atoms with Crippen LogP contribution in [0.1, 0.15) is 19.3 Å². The van der Waals surface area contributed by atoms with Crippen LogP contribution in [0.25, 0.3) is 10.6 Å². The first-order valence-electron chi connectivity index (χ1n) is 5.88. The van der Waals surface area contributed by atoms with Crippen molar-refractivity contribution in [2.75, 3.05) is 13.1 Å². The Kier molecular flexibility index (Phi) is 8.69. The second-order valence-electron chi connectivity index (χ2n) is 3.82. The molecule has 1 saturated heterocycles. The SMILES string of the molecule is ON=C(C1=CC=CC[N-]1)C1CCCC[N-]1.[Cl][Zn][Cl]. The van der Waals surface area contributed by atoms with Gasteiger partial charge in [0, 0.05) is 5.71 Å². The van der Waals surface area contributed by atoms with E-state index in [4.69, 9.17) is 24.6 Å². The van der Waals surface area contributed by atoms with Crippen molar-refractivity contribution in [3.8, 4) is 0 Å². The van der Waals surface area contributed by atoms with Gasteiger partial charge in [-0.25, -0.2) is 0 Å². The van der Waals surface area contributed by atoms with Gasteiger partial charge in [0.25, 0.3) is 0 Å². The Balaban J connectivity index is 0.000000492. The minimum absolute atomic E-state index is 0.0326. The first-order chi connectivity index (χ1) is 8.83. The molecule has 2 heterocycles. The number of halogens is 2. The number of allylic oxidation sites excluding steroid dienone is 2. The van der Waals surface area contributed by atoms with Gasteiger partial charge in [-0.3, -0.25) is 0 Å². The van der Waals surface area contributed by atoms with Crippen molar-refractivity contribution in [1.82, 2.24) is 0 Å². The van der Waals surface area contributed by atoms with Crippen LogP contribution in [0.3, 0.4) is 0 Å². The van der Waals surface area contributed by atoms with Gasteiger partial charge < -0.3 is 15.8 Å². The molecule has 98 valence electrons. The second kappa shape index (κ2) is 9.79. The standard InChI is InChI=1S/C11H15N3O.2ClH.Zn/c15-14-11(9-5-1-3-7-12-9)10-6-2-4-8-13-10;;;/h1,3,5,10,15H,2,4,6-8H2;2*1H;/q-2;;;+2/p-2. The molecular weight excluding hydrogens is 326 g/mol. The summed E-state index contributed by atoms with van der Waals surface area (Å²) in [5.74, 6) is 0. The van der Waals surface area contributed by atoms with Crippen LogP contribution < -0.4 is 0 Å². The summed E-state index contributed by atoms with van der Waals surface area (Å²) in [6.45, 7) is 1.53. The van der Waals surface area contributed by atoms with E-state index in [1.54, 1.807) is 0 Å². The Hall–Kier alpha value is -0.0866. The Labute approximate surface area is 123 Å². The molecular formula is C11H15Cl2N3OZn-2. The fourth-order valence-electron chi connectivity index (χ4n) is 1.89. The third-order valence-electron chi connectivity index (χ3n) is 2.68. The average molecular weight is 342 g/mol. The quantitative estimate of drug-likeness (QED) is 0.351. The van der Waals surface area contributed by atoms with Crippen molar-refractivity contribution in [2.45, 2.75) is 25.3 Å². The third-order valence-corrected chi connectivity index (χ3v) is 2.68. The van der Waals surface area contributed by atoms with E-state index in [-0.39, 0.29) is 6.04 Å². The van der Waals surface area contributed by atoms with Gasteiger partial charge >= 0.3 is 34.5 Å². The fraction of sp³-hybridized carbons (Fsp3) is 0.545. The number of hydrogen-bond acceptors (Lipinski definition) is 2. The summed E-state index contributed by atoms with van der Waals surface area (Å²) in [4.78, 5) is 0. The van der Waals surface area contributed by atoms with Gasteiger partial charge in [-0.05, 0) is 0 Å². The molecule has 2 rings (SSSR count). The van der Waals surface area contributed by atoms with Gasteiger partial charge in [0.2, 0.25) is 0 Å². The molecule has 1 unspecified atom stereocenters. The van der Waals surface area contributed by atoms with Crippen LogP contribution in [0, 0.1) is 0 Å². The zero-order chi connectivity index (χ0) is 13.2. The molecule has 4 nitrogen and oxygen atoms in total. The Morgan fingerprint density at radius 2 is 2.22 bits per heavy atom. The van der Waals surface area contributed by atoms with E-state index in [9.17, 15) is 0 Å². The number of nitrogens with zero attached hydrogens (tertiary/aromatic N) is 3. The van der Waals surface area contributed by atoms with Crippen molar-refractivity contribution in [3.05, 3.63) is 34.6 Å². The Morgan fingerprint density at radius 1 is 1.44 bits per heavy atom. The van der Waals surface area contributed by atoms with Crippen LogP contribution in [0.2, 0.25) is 0 Å². The molecule has 0 aromatic rings.